The molecule has 21 heavy (non-hydrogen) atoms. The van der Waals surface area contributed by atoms with E-state index in [2.05, 4.69) is 0 Å². The van der Waals surface area contributed by atoms with Gasteiger partial charge in [-0.1, -0.05) is 18.2 Å². The van der Waals surface area contributed by atoms with E-state index >= 15 is 0 Å². The van der Waals surface area contributed by atoms with Crippen LogP contribution in [-0.4, -0.2) is 41.6 Å². The van der Waals surface area contributed by atoms with Crippen molar-refractivity contribution >= 4 is 11.9 Å². The number of rotatable bonds is 6. The third-order valence-electron chi connectivity index (χ3n) is 3.78. The van der Waals surface area contributed by atoms with Crippen LogP contribution in [0.25, 0.3) is 0 Å². The van der Waals surface area contributed by atoms with Gasteiger partial charge in [-0.25, -0.2) is 0 Å². The lowest BCUT2D eigenvalue weighted by atomic mass is 10.1. The van der Waals surface area contributed by atoms with E-state index in [0.29, 0.717) is 39.0 Å². The zero-order valence-electron chi connectivity index (χ0n) is 12.2. The van der Waals surface area contributed by atoms with E-state index in [4.69, 9.17) is 9.84 Å². The number of aliphatic carboxylic acids is 1. The predicted molar refractivity (Wildman–Crippen MR) is 78.2 cm³/mol. The summed E-state index contributed by atoms with van der Waals surface area (Å²) in [7, 11) is 0. The van der Waals surface area contributed by atoms with Crippen LogP contribution in [0.2, 0.25) is 0 Å². The summed E-state index contributed by atoms with van der Waals surface area (Å²) in [6.45, 7) is 3.37. The number of carbonyl (C=O) groups is 2. The van der Waals surface area contributed by atoms with Gasteiger partial charge in [0.05, 0.1) is 12.5 Å². The molecule has 1 heterocycles. The van der Waals surface area contributed by atoms with E-state index in [-0.39, 0.29) is 5.91 Å². The van der Waals surface area contributed by atoms with E-state index < -0.39 is 11.9 Å². The van der Waals surface area contributed by atoms with Crippen LogP contribution in [0, 0.1) is 12.8 Å². The third kappa shape index (κ3) is 4.21. The SMILES string of the molecule is Cc1ccccc1OCCCC(=O)N1CCC(C(=O)O)C1. The highest BCUT2D eigenvalue weighted by Crippen LogP contribution is 2.18. The topological polar surface area (TPSA) is 66.8 Å². The van der Waals surface area contributed by atoms with Gasteiger partial charge in [-0.3, -0.25) is 9.59 Å². The zero-order chi connectivity index (χ0) is 15.2. The second-order valence-electron chi connectivity index (χ2n) is 5.38. The van der Waals surface area contributed by atoms with Crippen LogP contribution in [0.5, 0.6) is 5.75 Å². The number of hydrogen-bond donors (Lipinski definition) is 1. The molecule has 5 heteroatoms. The van der Waals surface area contributed by atoms with Gasteiger partial charge in [0, 0.05) is 19.5 Å². The van der Waals surface area contributed by atoms with Crippen LogP contribution < -0.4 is 4.74 Å². The Balaban J connectivity index is 1.68. The number of carbonyl (C=O) groups excluding carboxylic acids is 1. The molecule has 1 amide bonds. The van der Waals surface area contributed by atoms with E-state index in [0.717, 1.165) is 11.3 Å². The average molecular weight is 291 g/mol. The van der Waals surface area contributed by atoms with Crippen LogP contribution >= 0.6 is 0 Å². The lowest BCUT2D eigenvalue weighted by Crippen LogP contribution is -2.30. The van der Waals surface area contributed by atoms with Crippen molar-refractivity contribution in [3.05, 3.63) is 29.8 Å². The molecule has 1 atom stereocenters. The summed E-state index contributed by atoms with van der Waals surface area (Å²) in [6, 6.07) is 7.77. The van der Waals surface area contributed by atoms with Gasteiger partial charge in [0.2, 0.25) is 5.91 Å². The Morgan fingerprint density at radius 3 is 2.81 bits per heavy atom. The highest BCUT2D eigenvalue weighted by molar-refractivity contribution is 5.78. The molecule has 1 N–H and O–H groups in total. The summed E-state index contributed by atoms with van der Waals surface area (Å²) >= 11 is 0. The zero-order valence-corrected chi connectivity index (χ0v) is 12.2. The van der Waals surface area contributed by atoms with Gasteiger partial charge < -0.3 is 14.7 Å². The first-order chi connectivity index (χ1) is 10.1. The number of ether oxygens (including phenoxy) is 1. The van der Waals surface area contributed by atoms with Crippen LogP contribution in [0.1, 0.15) is 24.8 Å². The van der Waals surface area contributed by atoms with Crippen molar-refractivity contribution in [2.45, 2.75) is 26.2 Å². The van der Waals surface area contributed by atoms with Gasteiger partial charge in [-0.15, -0.1) is 0 Å². The molecule has 0 saturated carbocycles. The highest BCUT2D eigenvalue weighted by atomic mass is 16.5. The van der Waals surface area contributed by atoms with E-state index in [1.165, 1.54) is 0 Å². The van der Waals surface area contributed by atoms with Crippen molar-refractivity contribution in [2.75, 3.05) is 19.7 Å². The first-order valence-corrected chi connectivity index (χ1v) is 7.27. The molecule has 2 rings (SSSR count). The average Bonchev–Trinajstić information content (AvgIpc) is 2.95. The first kappa shape index (κ1) is 15.4. The number of aryl methyl sites for hydroxylation is 1. The molecule has 1 aromatic rings. The fraction of sp³-hybridized carbons (Fsp3) is 0.500. The van der Waals surface area contributed by atoms with Crippen molar-refractivity contribution in [2.24, 2.45) is 5.92 Å². The summed E-state index contributed by atoms with van der Waals surface area (Å²) in [6.07, 6.45) is 1.60. The van der Waals surface area contributed by atoms with Gasteiger partial charge >= 0.3 is 5.97 Å². The van der Waals surface area contributed by atoms with E-state index in [9.17, 15) is 9.59 Å². The fourth-order valence-corrected chi connectivity index (χ4v) is 2.47. The van der Waals surface area contributed by atoms with Crippen LogP contribution in [0.3, 0.4) is 0 Å². The minimum absolute atomic E-state index is 0.0205. The third-order valence-corrected chi connectivity index (χ3v) is 3.78. The Hall–Kier alpha value is -2.04. The Morgan fingerprint density at radius 1 is 1.38 bits per heavy atom. The Labute approximate surface area is 124 Å². The summed E-state index contributed by atoms with van der Waals surface area (Å²) in [5, 5.41) is 8.92. The summed E-state index contributed by atoms with van der Waals surface area (Å²) in [4.78, 5) is 24.5. The number of carboxylic acid groups (broad SMARTS) is 1. The quantitative estimate of drug-likeness (QED) is 0.815. The van der Waals surface area contributed by atoms with Crippen LogP contribution in [-0.2, 0) is 9.59 Å². The van der Waals surface area contributed by atoms with Gasteiger partial charge in [0.15, 0.2) is 0 Å². The Morgan fingerprint density at radius 2 is 2.14 bits per heavy atom. The molecule has 1 aliphatic heterocycles. The molecule has 1 fully saturated rings. The van der Waals surface area contributed by atoms with Crippen molar-refractivity contribution in [1.29, 1.82) is 0 Å². The highest BCUT2D eigenvalue weighted by Gasteiger charge is 2.30. The predicted octanol–water partition coefficient (Wildman–Crippen LogP) is 2.09. The second kappa shape index (κ2) is 7.11. The molecule has 0 aromatic heterocycles. The van der Waals surface area contributed by atoms with Crippen molar-refractivity contribution in [3.8, 4) is 5.75 Å². The molecule has 0 spiro atoms. The molecule has 1 unspecified atom stereocenters. The van der Waals surface area contributed by atoms with E-state index in [1.807, 2.05) is 31.2 Å². The standard InChI is InChI=1S/C16H21NO4/c1-12-5-2-3-6-14(12)21-10-4-7-15(18)17-9-8-13(11-17)16(19)20/h2-3,5-6,13H,4,7-11H2,1H3,(H,19,20). The van der Waals surface area contributed by atoms with Crippen molar-refractivity contribution < 1.29 is 19.4 Å². The lowest BCUT2D eigenvalue weighted by molar-refractivity contribution is -0.141. The lowest BCUT2D eigenvalue weighted by Gasteiger charge is -2.16. The molecule has 1 aliphatic rings. The molecule has 0 aliphatic carbocycles. The molecule has 114 valence electrons. The van der Waals surface area contributed by atoms with Gasteiger partial charge in [-0.2, -0.15) is 0 Å². The largest absolute Gasteiger partial charge is 0.493 e. The van der Waals surface area contributed by atoms with Crippen LogP contribution in [0.4, 0.5) is 0 Å². The second-order valence-corrected chi connectivity index (χ2v) is 5.38. The smallest absolute Gasteiger partial charge is 0.308 e. The number of amides is 1. The summed E-state index contributed by atoms with van der Waals surface area (Å²) in [5.41, 5.74) is 1.08. The van der Waals surface area contributed by atoms with Gasteiger partial charge in [0.1, 0.15) is 5.75 Å². The van der Waals surface area contributed by atoms with Crippen molar-refractivity contribution in [1.82, 2.24) is 4.90 Å². The van der Waals surface area contributed by atoms with Crippen LogP contribution in [0.15, 0.2) is 24.3 Å². The summed E-state index contributed by atoms with van der Waals surface area (Å²) in [5.74, 6) is -0.352. The number of likely N-dealkylation sites (tertiary alicyclic amines) is 1. The first-order valence-electron chi connectivity index (χ1n) is 7.27. The number of nitrogens with zero attached hydrogens (tertiary/aromatic N) is 1. The van der Waals surface area contributed by atoms with Gasteiger partial charge in [0.25, 0.3) is 0 Å². The normalized spacial score (nSPS) is 17.8. The summed E-state index contributed by atoms with van der Waals surface area (Å²) < 4.78 is 5.64. The maximum atomic E-state index is 12.0. The molecule has 1 aromatic carbocycles. The minimum Gasteiger partial charge on any atom is -0.493 e. The maximum absolute atomic E-state index is 12.0. The maximum Gasteiger partial charge on any atom is 0.308 e. The number of carboxylic acids is 1. The number of hydrogen-bond acceptors (Lipinski definition) is 3. The molecule has 1 saturated heterocycles. The van der Waals surface area contributed by atoms with Gasteiger partial charge in [-0.05, 0) is 31.4 Å². The van der Waals surface area contributed by atoms with E-state index in [1.54, 1.807) is 4.90 Å². The Kier molecular flexibility index (Phi) is 5.20. The molecule has 5 nitrogen and oxygen atoms in total. The Bertz CT molecular complexity index is 515. The molecule has 0 bridgehead atoms. The molecule has 0 radical (unpaired) electrons. The monoisotopic (exact) mass is 291 g/mol. The number of para-hydroxylation sites is 1. The molecular formula is C16H21NO4. The number of benzene rings is 1. The minimum atomic E-state index is -0.812. The fourth-order valence-electron chi connectivity index (χ4n) is 2.47. The van der Waals surface area contributed by atoms with Crippen molar-refractivity contribution in [3.63, 3.8) is 0 Å². The molecular weight excluding hydrogens is 270 g/mol.